The molecule has 5 atom stereocenters. The van der Waals surface area contributed by atoms with Gasteiger partial charge in [0.2, 0.25) is 0 Å². The van der Waals surface area contributed by atoms with Crippen LogP contribution in [-0.2, 0) is 65.4 Å². The first kappa shape index (κ1) is 92.1. The minimum atomic E-state index is -4.96. The number of carbonyl (C=O) groups is 4. The predicted octanol–water partition coefficient (Wildman–Crippen LogP) is 21.8. The van der Waals surface area contributed by atoms with Gasteiger partial charge in [-0.15, -0.1) is 0 Å². The van der Waals surface area contributed by atoms with Crippen LogP contribution in [0, 0.1) is 17.8 Å². The first-order valence-corrected chi connectivity index (χ1v) is 41.8. The van der Waals surface area contributed by atoms with Gasteiger partial charge >= 0.3 is 39.5 Å². The molecule has 0 heterocycles. The second kappa shape index (κ2) is 65.7. The summed E-state index contributed by atoms with van der Waals surface area (Å²) in [6.45, 7) is 11.9. The van der Waals surface area contributed by atoms with Gasteiger partial charge in [0.25, 0.3) is 0 Å². The van der Waals surface area contributed by atoms with Crippen molar-refractivity contribution in [1.29, 1.82) is 0 Å². The summed E-state index contributed by atoms with van der Waals surface area (Å²) in [4.78, 5) is 72.5. The number of aliphatic hydroxyl groups is 1. The minimum Gasteiger partial charge on any atom is -0.462 e. The lowest BCUT2D eigenvalue weighted by Crippen LogP contribution is -2.30. The van der Waals surface area contributed by atoms with Gasteiger partial charge in [0.05, 0.1) is 26.4 Å². The lowest BCUT2D eigenvalue weighted by atomic mass is 10.0. The summed E-state index contributed by atoms with van der Waals surface area (Å²) in [6, 6.07) is 0. The Hall–Kier alpha value is -1.94. The second-order valence-electron chi connectivity index (χ2n) is 28.5. The normalized spacial score (nSPS) is 14.1. The van der Waals surface area contributed by atoms with Crippen LogP contribution in [0.2, 0.25) is 0 Å². The van der Waals surface area contributed by atoms with Gasteiger partial charge in [-0.3, -0.25) is 37.3 Å². The number of rotatable bonds is 73. The van der Waals surface area contributed by atoms with Gasteiger partial charge in [-0.2, -0.15) is 0 Å². The first-order valence-electron chi connectivity index (χ1n) is 38.8. The fraction of sp³-hybridized carbons (Fsp3) is 0.947. The van der Waals surface area contributed by atoms with Crippen LogP contribution in [0.25, 0.3) is 0 Å². The second-order valence-corrected chi connectivity index (χ2v) is 31.4. The molecule has 0 aromatic carbocycles. The Labute approximate surface area is 575 Å². The number of phosphoric ester groups is 2. The third kappa shape index (κ3) is 68.6. The van der Waals surface area contributed by atoms with Crippen molar-refractivity contribution in [2.75, 3.05) is 39.6 Å². The highest BCUT2D eigenvalue weighted by molar-refractivity contribution is 7.47. The molecule has 0 aliphatic heterocycles. The van der Waals surface area contributed by atoms with Crippen LogP contribution in [0.3, 0.4) is 0 Å². The Bertz CT molecular complexity index is 1840. The molecule has 0 aliphatic carbocycles. The van der Waals surface area contributed by atoms with Gasteiger partial charge in [0.15, 0.2) is 12.2 Å². The maximum atomic E-state index is 13.1. The molecule has 94 heavy (non-hydrogen) atoms. The molecular weight excluding hydrogens is 1230 g/mol. The topological polar surface area (TPSA) is 237 Å². The fourth-order valence-electron chi connectivity index (χ4n) is 11.4. The van der Waals surface area contributed by atoms with Crippen LogP contribution in [-0.4, -0.2) is 96.7 Å². The van der Waals surface area contributed by atoms with E-state index in [1.165, 1.54) is 186 Å². The van der Waals surface area contributed by atoms with E-state index in [1.807, 2.05) is 0 Å². The summed E-state index contributed by atoms with van der Waals surface area (Å²) in [5, 5.41) is 10.6. The van der Waals surface area contributed by atoms with E-state index in [0.717, 1.165) is 114 Å². The fourth-order valence-corrected chi connectivity index (χ4v) is 13.0. The van der Waals surface area contributed by atoms with E-state index in [-0.39, 0.29) is 25.7 Å². The summed E-state index contributed by atoms with van der Waals surface area (Å²) in [6.07, 6.45) is 51.7. The molecule has 0 aromatic rings. The smallest absolute Gasteiger partial charge is 0.462 e. The molecule has 0 bridgehead atoms. The minimum absolute atomic E-state index is 0.106. The van der Waals surface area contributed by atoms with Gasteiger partial charge in [0.1, 0.15) is 19.3 Å². The van der Waals surface area contributed by atoms with Crippen LogP contribution < -0.4 is 0 Å². The van der Waals surface area contributed by atoms with Gasteiger partial charge in [-0.05, 0) is 43.4 Å². The van der Waals surface area contributed by atoms with E-state index in [1.54, 1.807) is 0 Å². The van der Waals surface area contributed by atoms with E-state index >= 15 is 0 Å². The van der Waals surface area contributed by atoms with Crippen LogP contribution in [0.5, 0.6) is 0 Å². The van der Waals surface area contributed by atoms with E-state index < -0.39 is 97.5 Å². The van der Waals surface area contributed by atoms with E-state index in [9.17, 15) is 43.2 Å². The summed E-state index contributed by atoms with van der Waals surface area (Å²) >= 11 is 0. The van der Waals surface area contributed by atoms with Crippen molar-refractivity contribution in [3.05, 3.63) is 0 Å². The van der Waals surface area contributed by atoms with Gasteiger partial charge in [0, 0.05) is 25.7 Å². The Balaban J connectivity index is 5.15. The van der Waals surface area contributed by atoms with Crippen molar-refractivity contribution in [2.45, 2.75) is 401 Å². The first-order chi connectivity index (χ1) is 45.2. The SMILES string of the molecule is CCCCCCCC(=O)OC[C@H](COP(=O)(O)OC[C@H](O)COP(=O)(O)OC[C@@H](COC(=O)CCCCCCCCCCCCCCCCC(C)C)OC(=O)CCCCCCCCCCCCCCCCC(C)C)OC(=O)CCCCCCCCCCCCCCC(C)C. The number of ether oxygens (including phenoxy) is 4. The summed E-state index contributed by atoms with van der Waals surface area (Å²) in [5.74, 6) is 0.242. The number of carbonyl (C=O) groups excluding carboxylic acids is 4. The maximum absolute atomic E-state index is 13.1. The van der Waals surface area contributed by atoms with Gasteiger partial charge < -0.3 is 33.8 Å². The molecule has 0 rings (SSSR count). The van der Waals surface area contributed by atoms with E-state index in [0.29, 0.717) is 25.7 Å². The molecule has 19 heteroatoms. The largest absolute Gasteiger partial charge is 0.472 e. The molecule has 0 saturated heterocycles. The van der Waals surface area contributed by atoms with Crippen molar-refractivity contribution in [3.63, 3.8) is 0 Å². The van der Waals surface area contributed by atoms with Crippen LogP contribution >= 0.6 is 15.6 Å². The standard InChI is InChI=1S/C75H146O17P2/c1-8-9-10-39-49-56-72(77)85-62-70(91-74(79)58-52-45-38-32-26-20-19-23-29-35-42-48-55-68(6)7)64-89-93(81,82)87-60-69(76)61-88-94(83,84)90-65-71(92-75(80)59-51-44-37-31-25-18-14-12-16-22-28-34-41-47-54-67(4)5)63-86-73(78)57-50-43-36-30-24-17-13-11-15-21-27-33-40-46-53-66(2)3/h66-71,76H,8-65H2,1-7H3,(H,81,82)(H,83,84)/t69-,70+,71+/m0/s1. The van der Waals surface area contributed by atoms with E-state index in [4.69, 9.17) is 37.0 Å². The maximum Gasteiger partial charge on any atom is 0.472 e. The number of aliphatic hydroxyl groups excluding tert-OH is 1. The Morgan fingerprint density at radius 2 is 0.489 bits per heavy atom. The number of esters is 4. The molecule has 0 spiro atoms. The highest BCUT2D eigenvalue weighted by Crippen LogP contribution is 2.45. The zero-order chi connectivity index (χ0) is 69.4. The Morgan fingerprint density at radius 1 is 0.287 bits per heavy atom. The summed E-state index contributed by atoms with van der Waals surface area (Å²) in [7, 11) is -9.90. The van der Waals surface area contributed by atoms with Crippen molar-refractivity contribution in [2.24, 2.45) is 17.8 Å². The quantitative estimate of drug-likeness (QED) is 0.0222. The number of hydrogen-bond donors (Lipinski definition) is 3. The van der Waals surface area contributed by atoms with E-state index in [2.05, 4.69) is 48.5 Å². The highest BCUT2D eigenvalue weighted by atomic mass is 31.2. The third-order valence-electron chi connectivity index (χ3n) is 17.4. The third-order valence-corrected chi connectivity index (χ3v) is 19.3. The molecule has 558 valence electrons. The Kier molecular flexibility index (Phi) is 64.3. The van der Waals surface area contributed by atoms with Crippen molar-refractivity contribution in [1.82, 2.24) is 0 Å². The summed E-state index contributed by atoms with van der Waals surface area (Å²) in [5.41, 5.74) is 0. The number of phosphoric acid groups is 2. The van der Waals surface area contributed by atoms with Crippen molar-refractivity contribution in [3.8, 4) is 0 Å². The molecule has 0 amide bonds. The molecule has 0 saturated carbocycles. The molecule has 2 unspecified atom stereocenters. The van der Waals surface area contributed by atoms with Crippen LogP contribution in [0.15, 0.2) is 0 Å². The molecule has 0 aromatic heterocycles. The zero-order valence-corrected chi connectivity index (χ0v) is 63.2. The monoisotopic (exact) mass is 1380 g/mol. The number of unbranched alkanes of at least 4 members (excludes halogenated alkanes) is 41. The van der Waals surface area contributed by atoms with Crippen molar-refractivity contribution >= 4 is 39.5 Å². The highest BCUT2D eigenvalue weighted by Gasteiger charge is 2.30. The Morgan fingerprint density at radius 3 is 0.723 bits per heavy atom. The molecule has 0 fully saturated rings. The average molecular weight is 1380 g/mol. The van der Waals surface area contributed by atoms with Crippen LogP contribution in [0.1, 0.15) is 382 Å². The molecule has 3 N–H and O–H groups in total. The lowest BCUT2D eigenvalue weighted by molar-refractivity contribution is -0.161. The van der Waals surface area contributed by atoms with Gasteiger partial charge in [-0.1, -0.05) is 331 Å². The lowest BCUT2D eigenvalue weighted by Gasteiger charge is -2.21. The number of hydrogen-bond acceptors (Lipinski definition) is 15. The average Bonchev–Trinajstić information content (AvgIpc) is 1.65. The molecular formula is C75H146O17P2. The molecule has 17 nitrogen and oxygen atoms in total. The van der Waals surface area contributed by atoms with Gasteiger partial charge in [-0.25, -0.2) is 9.13 Å². The van der Waals surface area contributed by atoms with Crippen molar-refractivity contribution < 1.29 is 80.2 Å². The molecule has 0 radical (unpaired) electrons. The predicted molar refractivity (Wildman–Crippen MR) is 381 cm³/mol. The van der Waals surface area contributed by atoms with Crippen LogP contribution in [0.4, 0.5) is 0 Å². The summed E-state index contributed by atoms with van der Waals surface area (Å²) < 4.78 is 68.3. The molecule has 0 aliphatic rings. The zero-order valence-electron chi connectivity index (χ0n) is 61.4.